The molecule has 0 rings (SSSR count). The Balaban J connectivity index is 4.62. The first kappa shape index (κ1) is 62.5. The third kappa shape index (κ3) is 52.4. The lowest BCUT2D eigenvalue weighted by molar-refractivity contribution is -0.166. The van der Waals surface area contributed by atoms with Crippen molar-refractivity contribution in [3.8, 4) is 0 Å². The summed E-state index contributed by atoms with van der Waals surface area (Å²) in [7, 11) is 0. The predicted octanol–water partition coefficient (Wildman–Crippen LogP) is 17.9. The Bertz CT molecular complexity index is 1480. The van der Waals surface area contributed by atoms with Crippen LogP contribution in [0.3, 0.4) is 0 Å². The number of carbonyl (C=O) groups excluding carboxylic acids is 3. The van der Waals surface area contributed by atoms with Crippen LogP contribution in [0.25, 0.3) is 0 Å². The van der Waals surface area contributed by atoms with Gasteiger partial charge < -0.3 is 14.2 Å². The van der Waals surface area contributed by atoms with Crippen LogP contribution in [0, 0.1) is 0 Å². The Morgan fingerprint density at radius 2 is 0.612 bits per heavy atom. The lowest BCUT2D eigenvalue weighted by Crippen LogP contribution is -2.30. The van der Waals surface area contributed by atoms with Gasteiger partial charge in [0.2, 0.25) is 0 Å². The van der Waals surface area contributed by atoms with E-state index < -0.39 is 12.1 Å². The fourth-order valence-electron chi connectivity index (χ4n) is 6.62. The summed E-state index contributed by atoms with van der Waals surface area (Å²) in [6.07, 6.45) is 75.9. The lowest BCUT2D eigenvalue weighted by Gasteiger charge is -2.18. The molecule has 6 nitrogen and oxygen atoms in total. The van der Waals surface area contributed by atoms with Crippen LogP contribution >= 0.6 is 0 Å². The first-order valence-electron chi connectivity index (χ1n) is 26.7. The molecule has 0 bridgehead atoms. The molecule has 1 atom stereocenters. The Morgan fingerprint density at radius 1 is 0.313 bits per heavy atom. The van der Waals surface area contributed by atoms with E-state index in [4.69, 9.17) is 14.2 Å². The summed E-state index contributed by atoms with van der Waals surface area (Å²) in [4.78, 5) is 38.0. The number of esters is 3. The third-order valence-corrected chi connectivity index (χ3v) is 10.6. The molecular weight excluding hydrogens is 829 g/mol. The molecule has 0 aromatic heterocycles. The zero-order valence-corrected chi connectivity index (χ0v) is 42.9. The zero-order chi connectivity index (χ0) is 48.6. The van der Waals surface area contributed by atoms with Crippen LogP contribution in [-0.4, -0.2) is 37.2 Å². The Morgan fingerprint density at radius 3 is 1.00 bits per heavy atom. The van der Waals surface area contributed by atoms with Gasteiger partial charge in [0.25, 0.3) is 0 Å². The summed E-state index contributed by atoms with van der Waals surface area (Å²) in [6.45, 7) is 6.34. The van der Waals surface area contributed by atoms with Crippen LogP contribution in [-0.2, 0) is 28.6 Å². The number of hydrogen-bond donors (Lipinski definition) is 0. The summed E-state index contributed by atoms with van der Waals surface area (Å²) < 4.78 is 16.7. The molecule has 376 valence electrons. The van der Waals surface area contributed by atoms with Gasteiger partial charge in [0.15, 0.2) is 6.10 Å². The number of rotatable bonds is 46. The summed E-state index contributed by atoms with van der Waals surface area (Å²) in [5.74, 6) is -1.08. The number of ether oxygens (including phenoxy) is 3. The maximum Gasteiger partial charge on any atom is 0.306 e. The number of hydrogen-bond acceptors (Lipinski definition) is 6. The molecule has 6 heteroatoms. The van der Waals surface area contributed by atoms with Gasteiger partial charge >= 0.3 is 17.9 Å². The molecule has 0 saturated carbocycles. The molecule has 0 aliphatic heterocycles. The van der Waals surface area contributed by atoms with Gasteiger partial charge in [0, 0.05) is 19.3 Å². The van der Waals surface area contributed by atoms with Gasteiger partial charge in [0.05, 0.1) is 0 Å². The van der Waals surface area contributed by atoms with Crippen molar-refractivity contribution >= 4 is 17.9 Å². The van der Waals surface area contributed by atoms with E-state index in [1.165, 1.54) is 51.4 Å². The minimum Gasteiger partial charge on any atom is -0.462 e. The van der Waals surface area contributed by atoms with E-state index in [0.29, 0.717) is 19.3 Å². The van der Waals surface area contributed by atoms with Crippen molar-refractivity contribution in [3.05, 3.63) is 134 Å². The van der Waals surface area contributed by atoms with Crippen LogP contribution in [0.4, 0.5) is 0 Å². The summed E-state index contributed by atoms with van der Waals surface area (Å²) >= 11 is 0. The van der Waals surface area contributed by atoms with Gasteiger partial charge in [-0.2, -0.15) is 0 Å². The van der Waals surface area contributed by atoms with Gasteiger partial charge in [-0.25, -0.2) is 0 Å². The van der Waals surface area contributed by atoms with E-state index >= 15 is 0 Å². The monoisotopic (exact) mass is 925 g/mol. The SMILES string of the molecule is CC/C=C\C/C=C\C/C=C\C/C=C\CCCCC(=O)OC[C@H](COC(=O)CCCCCCC/C=C\C/C=C\CCCCC)OC(=O)CC/C=C\C/C=C\C/C=C\C/C=C\C/C=C\CCCCC. The first-order chi connectivity index (χ1) is 33.0. The van der Waals surface area contributed by atoms with Gasteiger partial charge in [0.1, 0.15) is 13.2 Å². The van der Waals surface area contributed by atoms with E-state index in [2.05, 4.69) is 142 Å². The summed E-state index contributed by atoms with van der Waals surface area (Å²) in [5.41, 5.74) is 0. The van der Waals surface area contributed by atoms with Crippen LogP contribution in [0.15, 0.2) is 134 Å². The predicted molar refractivity (Wildman–Crippen MR) is 288 cm³/mol. The molecule has 0 fully saturated rings. The minimum absolute atomic E-state index is 0.133. The van der Waals surface area contributed by atoms with Gasteiger partial charge in [-0.15, -0.1) is 0 Å². The molecule has 0 N–H and O–H groups in total. The standard InChI is InChI=1S/C61H96O6/c1-4-7-10-13-16-19-22-25-28-29-30-31-34-37-40-43-46-49-52-55-61(64)67-58(56-65-59(62)53-50-47-44-41-38-35-32-26-23-20-17-14-11-8-5-2)57-66-60(63)54-51-48-45-42-39-36-33-27-24-21-18-15-12-9-6-3/h8,11,16-21,25-28,30-33,37-38,40-41,46,49,58H,4-7,9-10,12-15,22-24,29,34-36,39,42-45,47-48,50-57H2,1-3H3/b11-8-,19-16-,20-17-,21-18-,28-25-,31-30-,32-26-,33-27-,40-37-,41-38-,49-46-/t58-/m1/s1. The maximum absolute atomic E-state index is 12.8. The van der Waals surface area contributed by atoms with E-state index in [9.17, 15) is 14.4 Å². The smallest absolute Gasteiger partial charge is 0.306 e. The van der Waals surface area contributed by atoms with Crippen molar-refractivity contribution in [1.82, 2.24) is 0 Å². The fourth-order valence-corrected chi connectivity index (χ4v) is 6.62. The fraction of sp³-hybridized carbons (Fsp3) is 0.590. The van der Waals surface area contributed by atoms with Crippen molar-refractivity contribution in [2.45, 2.75) is 219 Å². The zero-order valence-electron chi connectivity index (χ0n) is 42.9. The molecular formula is C61H96O6. The summed E-state index contributed by atoms with van der Waals surface area (Å²) in [5, 5.41) is 0. The molecule has 0 radical (unpaired) electrons. The van der Waals surface area contributed by atoms with Crippen LogP contribution in [0.2, 0.25) is 0 Å². The molecule has 67 heavy (non-hydrogen) atoms. The average Bonchev–Trinajstić information content (AvgIpc) is 3.33. The Kier molecular flexibility index (Phi) is 50.6. The summed E-state index contributed by atoms with van der Waals surface area (Å²) in [6, 6.07) is 0. The second-order valence-corrected chi connectivity index (χ2v) is 17.0. The molecule has 0 aliphatic rings. The van der Waals surface area contributed by atoms with E-state index in [1.54, 1.807) is 0 Å². The van der Waals surface area contributed by atoms with E-state index in [-0.39, 0.29) is 38.0 Å². The molecule has 0 heterocycles. The highest BCUT2D eigenvalue weighted by Crippen LogP contribution is 2.11. The molecule has 0 aromatic carbocycles. The molecule has 0 aliphatic carbocycles. The largest absolute Gasteiger partial charge is 0.462 e. The highest BCUT2D eigenvalue weighted by atomic mass is 16.6. The van der Waals surface area contributed by atoms with Gasteiger partial charge in [-0.05, 0) is 128 Å². The van der Waals surface area contributed by atoms with Gasteiger partial charge in [-0.3, -0.25) is 14.4 Å². The lowest BCUT2D eigenvalue weighted by atomic mass is 10.1. The quantitative estimate of drug-likeness (QED) is 0.0262. The van der Waals surface area contributed by atoms with Crippen molar-refractivity contribution < 1.29 is 28.6 Å². The third-order valence-electron chi connectivity index (χ3n) is 10.6. The molecule has 0 amide bonds. The second kappa shape index (κ2) is 54.2. The van der Waals surface area contributed by atoms with Gasteiger partial charge in [-0.1, -0.05) is 199 Å². The normalized spacial score (nSPS) is 13.2. The first-order valence-corrected chi connectivity index (χ1v) is 26.7. The van der Waals surface area contributed by atoms with Crippen molar-refractivity contribution in [2.24, 2.45) is 0 Å². The number of allylic oxidation sites excluding steroid dienone is 22. The number of unbranched alkanes of at least 4 members (excludes halogenated alkanes) is 13. The van der Waals surface area contributed by atoms with Crippen LogP contribution in [0.1, 0.15) is 213 Å². The molecule has 0 unspecified atom stereocenters. The topological polar surface area (TPSA) is 78.9 Å². The minimum atomic E-state index is -0.845. The molecule has 0 aromatic rings. The van der Waals surface area contributed by atoms with E-state index in [1.807, 2.05) is 12.2 Å². The Labute approximate surface area is 411 Å². The molecule has 0 saturated heterocycles. The Hall–Kier alpha value is -4.45. The van der Waals surface area contributed by atoms with Crippen molar-refractivity contribution in [3.63, 3.8) is 0 Å². The van der Waals surface area contributed by atoms with Crippen LogP contribution < -0.4 is 0 Å². The number of carbonyl (C=O) groups is 3. The average molecular weight is 925 g/mol. The van der Waals surface area contributed by atoms with E-state index in [0.717, 1.165) is 109 Å². The van der Waals surface area contributed by atoms with Crippen molar-refractivity contribution in [2.75, 3.05) is 13.2 Å². The highest BCUT2D eigenvalue weighted by Gasteiger charge is 2.19. The molecule has 0 spiro atoms. The van der Waals surface area contributed by atoms with Crippen molar-refractivity contribution in [1.29, 1.82) is 0 Å². The van der Waals surface area contributed by atoms with Crippen LogP contribution in [0.5, 0.6) is 0 Å². The second-order valence-electron chi connectivity index (χ2n) is 17.0. The highest BCUT2D eigenvalue weighted by molar-refractivity contribution is 5.71. The maximum atomic E-state index is 12.8.